The topological polar surface area (TPSA) is 70.5 Å². The number of nitrogens with zero attached hydrogens (tertiary/aromatic N) is 1. The summed E-state index contributed by atoms with van der Waals surface area (Å²) in [6.07, 6.45) is 1.42. The van der Waals surface area contributed by atoms with Crippen molar-refractivity contribution in [2.75, 3.05) is 18.9 Å². The first-order valence-electron chi connectivity index (χ1n) is 6.26. The fraction of sp³-hybridized carbons (Fsp3) is 0.133. The van der Waals surface area contributed by atoms with Gasteiger partial charge in [0, 0.05) is 11.8 Å². The zero-order valence-corrected chi connectivity index (χ0v) is 10.8. The third-order valence-corrected chi connectivity index (χ3v) is 2.80. The van der Waals surface area contributed by atoms with Crippen LogP contribution in [0, 0.1) is 0 Å². The maximum Gasteiger partial charge on any atom is 0.181 e. The van der Waals surface area contributed by atoms with E-state index in [0.717, 1.165) is 17.0 Å². The molecule has 5 nitrogen and oxygen atoms in total. The van der Waals surface area contributed by atoms with Crippen LogP contribution in [0.1, 0.15) is 0 Å². The van der Waals surface area contributed by atoms with Crippen LogP contribution in [0.4, 0.5) is 5.69 Å². The van der Waals surface area contributed by atoms with Crippen molar-refractivity contribution in [2.45, 2.75) is 0 Å². The van der Waals surface area contributed by atoms with Crippen LogP contribution in [0.25, 0.3) is 11.1 Å². The van der Waals surface area contributed by atoms with E-state index in [9.17, 15) is 0 Å². The molecule has 102 valence electrons. The molecule has 0 aliphatic rings. The molecule has 0 saturated carbocycles. The maximum absolute atomic E-state index is 5.60. The molecule has 0 atom stereocenters. The van der Waals surface area contributed by atoms with Crippen LogP contribution < -0.4 is 15.2 Å². The van der Waals surface area contributed by atoms with Crippen LogP contribution in [0.2, 0.25) is 0 Å². The Morgan fingerprint density at radius 1 is 0.950 bits per heavy atom. The molecule has 0 aliphatic heterocycles. The van der Waals surface area contributed by atoms with Crippen molar-refractivity contribution < 1.29 is 13.9 Å². The normalized spacial score (nSPS) is 10.6. The molecular formula is C15H14N2O3. The van der Waals surface area contributed by atoms with Crippen molar-refractivity contribution in [2.24, 2.45) is 0 Å². The van der Waals surface area contributed by atoms with E-state index in [1.54, 1.807) is 12.1 Å². The van der Waals surface area contributed by atoms with Crippen molar-refractivity contribution in [1.82, 2.24) is 4.98 Å². The molecule has 3 rings (SSSR count). The number of oxazole rings is 1. The predicted octanol–water partition coefficient (Wildman–Crippen LogP) is 2.87. The second-order valence-corrected chi connectivity index (χ2v) is 4.25. The third-order valence-electron chi connectivity index (χ3n) is 2.80. The lowest BCUT2D eigenvalue weighted by Gasteiger charge is -2.08. The highest BCUT2D eigenvalue weighted by Gasteiger charge is 2.01. The second-order valence-electron chi connectivity index (χ2n) is 4.25. The Balaban J connectivity index is 1.50. The highest BCUT2D eigenvalue weighted by atomic mass is 16.5. The van der Waals surface area contributed by atoms with E-state index >= 15 is 0 Å². The summed E-state index contributed by atoms with van der Waals surface area (Å²) in [5, 5.41) is 0. The molecule has 0 saturated heterocycles. The molecule has 1 heterocycles. The first kappa shape index (κ1) is 12.3. The second kappa shape index (κ2) is 5.52. The molecule has 2 N–H and O–H groups in total. The largest absolute Gasteiger partial charge is 0.490 e. The summed E-state index contributed by atoms with van der Waals surface area (Å²) in [7, 11) is 0. The van der Waals surface area contributed by atoms with Gasteiger partial charge >= 0.3 is 0 Å². The molecule has 0 fully saturated rings. The summed E-state index contributed by atoms with van der Waals surface area (Å²) in [5.41, 5.74) is 7.84. The highest BCUT2D eigenvalue weighted by molar-refractivity contribution is 5.73. The Labute approximate surface area is 115 Å². The molecule has 0 radical (unpaired) electrons. The van der Waals surface area contributed by atoms with Crippen molar-refractivity contribution in [1.29, 1.82) is 0 Å². The Morgan fingerprint density at radius 3 is 2.45 bits per heavy atom. The number of nitrogen functional groups attached to an aromatic ring is 1. The number of nitrogens with two attached hydrogens (primary N) is 1. The molecule has 0 amide bonds. The smallest absolute Gasteiger partial charge is 0.181 e. The van der Waals surface area contributed by atoms with Crippen LogP contribution >= 0.6 is 0 Å². The van der Waals surface area contributed by atoms with Gasteiger partial charge in [-0.25, -0.2) is 4.98 Å². The average Bonchev–Trinajstić information content (AvgIpc) is 2.93. The Morgan fingerprint density at radius 2 is 1.65 bits per heavy atom. The van der Waals surface area contributed by atoms with Gasteiger partial charge in [-0.15, -0.1) is 0 Å². The summed E-state index contributed by atoms with van der Waals surface area (Å²) in [6.45, 7) is 0.905. The van der Waals surface area contributed by atoms with Gasteiger partial charge in [0.05, 0.1) is 0 Å². The van der Waals surface area contributed by atoms with Gasteiger partial charge in [0.1, 0.15) is 30.2 Å². The van der Waals surface area contributed by atoms with Gasteiger partial charge in [0.25, 0.3) is 0 Å². The van der Waals surface area contributed by atoms with Gasteiger partial charge in [-0.05, 0) is 36.4 Å². The van der Waals surface area contributed by atoms with E-state index < -0.39 is 0 Å². The van der Waals surface area contributed by atoms with Gasteiger partial charge in [-0.2, -0.15) is 0 Å². The molecule has 0 aliphatic carbocycles. The lowest BCUT2D eigenvalue weighted by Crippen LogP contribution is -2.08. The zero-order chi connectivity index (χ0) is 13.8. The average molecular weight is 270 g/mol. The lowest BCUT2D eigenvalue weighted by atomic mass is 10.3. The fourth-order valence-corrected chi connectivity index (χ4v) is 1.81. The number of hydrogen-bond donors (Lipinski definition) is 1. The third kappa shape index (κ3) is 2.83. The van der Waals surface area contributed by atoms with Crippen molar-refractivity contribution in [3.05, 3.63) is 48.9 Å². The minimum absolute atomic E-state index is 0.448. The molecule has 1 aromatic heterocycles. The first-order chi connectivity index (χ1) is 9.81. The first-order valence-corrected chi connectivity index (χ1v) is 6.26. The molecule has 5 heteroatoms. The van der Waals surface area contributed by atoms with Gasteiger partial charge in [0.15, 0.2) is 12.0 Å². The van der Waals surface area contributed by atoms with Gasteiger partial charge in [-0.3, -0.25) is 0 Å². The van der Waals surface area contributed by atoms with Crippen LogP contribution in [-0.2, 0) is 0 Å². The summed E-state index contributed by atoms with van der Waals surface area (Å²) >= 11 is 0. The molecule has 0 spiro atoms. The standard InChI is InChI=1S/C15H14N2O3/c16-11-1-3-12(4-2-11)18-7-8-19-13-5-6-14-15(9-13)20-10-17-14/h1-6,9-10H,7-8,16H2. The Bertz CT molecular complexity index is 692. The monoisotopic (exact) mass is 270 g/mol. The minimum Gasteiger partial charge on any atom is -0.490 e. The van der Waals surface area contributed by atoms with Crippen LogP contribution in [-0.4, -0.2) is 18.2 Å². The van der Waals surface area contributed by atoms with Crippen LogP contribution in [0.15, 0.2) is 53.3 Å². The van der Waals surface area contributed by atoms with Gasteiger partial charge in [-0.1, -0.05) is 0 Å². The lowest BCUT2D eigenvalue weighted by molar-refractivity contribution is 0.217. The molecule has 0 bridgehead atoms. The van der Waals surface area contributed by atoms with E-state index in [1.165, 1.54) is 6.39 Å². The number of aromatic nitrogens is 1. The SMILES string of the molecule is Nc1ccc(OCCOc2ccc3ncoc3c2)cc1. The van der Waals surface area contributed by atoms with E-state index in [2.05, 4.69) is 4.98 Å². The predicted molar refractivity (Wildman–Crippen MR) is 75.9 cm³/mol. The van der Waals surface area contributed by atoms with E-state index in [0.29, 0.717) is 24.5 Å². The zero-order valence-electron chi connectivity index (χ0n) is 10.8. The number of rotatable bonds is 5. The van der Waals surface area contributed by atoms with Crippen molar-refractivity contribution in [3.8, 4) is 11.5 Å². The Hall–Kier alpha value is -2.69. The van der Waals surface area contributed by atoms with Crippen LogP contribution in [0.5, 0.6) is 11.5 Å². The quantitative estimate of drug-likeness (QED) is 0.570. The van der Waals surface area contributed by atoms with Crippen molar-refractivity contribution >= 4 is 16.8 Å². The summed E-state index contributed by atoms with van der Waals surface area (Å²) < 4.78 is 16.3. The number of hydrogen-bond acceptors (Lipinski definition) is 5. The molecule has 0 unspecified atom stereocenters. The number of fused-ring (bicyclic) bond motifs is 1. The number of anilines is 1. The molecule has 3 aromatic rings. The van der Waals surface area contributed by atoms with Crippen LogP contribution in [0.3, 0.4) is 0 Å². The number of ether oxygens (including phenoxy) is 2. The molecular weight excluding hydrogens is 256 g/mol. The maximum atomic E-state index is 5.60. The highest BCUT2D eigenvalue weighted by Crippen LogP contribution is 2.19. The number of benzene rings is 2. The fourth-order valence-electron chi connectivity index (χ4n) is 1.81. The Kier molecular flexibility index (Phi) is 3.41. The van der Waals surface area contributed by atoms with Gasteiger partial charge in [0.2, 0.25) is 0 Å². The van der Waals surface area contributed by atoms with E-state index in [-0.39, 0.29) is 0 Å². The summed E-state index contributed by atoms with van der Waals surface area (Å²) in [6, 6.07) is 12.8. The molecule has 2 aromatic carbocycles. The summed E-state index contributed by atoms with van der Waals surface area (Å²) in [4.78, 5) is 4.05. The van der Waals surface area contributed by atoms with E-state index in [4.69, 9.17) is 19.6 Å². The van der Waals surface area contributed by atoms with E-state index in [1.807, 2.05) is 30.3 Å². The molecule has 20 heavy (non-hydrogen) atoms. The van der Waals surface area contributed by atoms with Gasteiger partial charge < -0.3 is 19.6 Å². The summed E-state index contributed by atoms with van der Waals surface area (Å²) in [5.74, 6) is 1.50. The van der Waals surface area contributed by atoms with Crippen molar-refractivity contribution in [3.63, 3.8) is 0 Å². The minimum atomic E-state index is 0.448.